The lowest BCUT2D eigenvalue weighted by molar-refractivity contribution is -0.145. The maximum atomic E-state index is 14.1. The summed E-state index contributed by atoms with van der Waals surface area (Å²) in [7, 11) is 3.12. The van der Waals surface area contributed by atoms with Crippen LogP contribution in [0.25, 0.3) is 0 Å². The van der Waals surface area contributed by atoms with Crippen molar-refractivity contribution in [2.75, 3.05) is 27.2 Å². The van der Waals surface area contributed by atoms with Crippen LogP contribution in [-0.4, -0.2) is 105 Å². The minimum absolute atomic E-state index is 0.124. The van der Waals surface area contributed by atoms with Crippen molar-refractivity contribution in [3.63, 3.8) is 0 Å². The van der Waals surface area contributed by atoms with Gasteiger partial charge in [-0.3, -0.25) is 28.8 Å². The first-order chi connectivity index (χ1) is 24.0. The number of amides is 6. The predicted molar refractivity (Wildman–Crippen MR) is 199 cm³/mol. The van der Waals surface area contributed by atoms with Gasteiger partial charge in [-0.05, 0) is 44.1 Å². The zero-order chi connectivity index (χ0) is 38.9. The van der Waals surface area contributed by atoms with Crippen molar-refractivity contribution in [3.05, 3.63) is 35.9 Å². The highest BCUT2D eigenvalue weighted by molar-refractivity contribution is 9.25. The van der Waals surface area contributed by atoms with Crippen LogP contribution in [0.1, 0.15) is 72.4 Å². The van der Waals surface area contributed by atoms with Crippen molar-refractivity contribution in [2.24, 2.45) is 23.2 Å². The van der Waals surface area contributed by atoms with Crippen LogP contribution in [0.4, 0.5) is 4.79 Å². The quantitative estimate of drug-likeness (QED) is 0.173. The van der Waals surface area contributed by atoms with E-state index >= 15 is 0 Å². The Kier molecular flexibility index (Phi) is 12.6. The monoisotopic (exact) mass is 852 g/mol. The number of hydrogen-bond donors (Lipinski definition) is 4. The van der Waals surface area contributed by atoms with E-state index in [0.717, 1.165) is 12.8 Å². The Balaban J connectivity index is 1.46. The van der Waals surface area contributed by atoms with Gasteiger partial charge in [0, 0.05) is 32.5 Å². The molecule has 2 aliphatic carbocycles. The highest BCUT2D eigenvalue weighted by atomic mass is 79.9. The third-order valence-electron chi connectivity index (χ3n) is 9.32. The topological polar surface area (TPSA) is 183 Å². The highest BCUT2D eigenvalue weighted by Gasteiger charge is 2.73. The number of hydrogen-bond acceptors (Lipinski definition) is 8. The summed E-state index contributed by atoms with van der Waals surface area (Å²) in [5.41, 5.74) is -1.00. The van der Waals surface area contributed by atoms with Gasteiger partial charge in [0.05, 0.1) is 15.8 Å². The van der Waals surface area contributed by atoms with E-state index in [9.17, 15) is 33.6 Å². The summed E-state index contributed by atoms with van der Waals surface area (Å²) < 4.78 is 4.81. The normalized spacial score (nSPS) is 22.1. The number of fused-ring (bicyclic) bond motifs is 1. The first-order valence-electron chi connectivity index (χ1n) is 17.4. The third-order valence-corrected chi connectivity index (χ3v) is 11.5. The molecule has 1 aliphatic heterocycles. The number of likely N-dealkylation sites (tertiary alicyclic amines) is 1. The predicted octanol–water partition coefficient (Wildman–Crippen LogP) is 2.78. The first-order valence-corrected chi connectivity index (χ1v) is 19.0. The fourth-order valence-corrected chi connectivity index (χ4v) is 8.09. The minimum Gasteiger partial charge on any atom is -0.444 e. The lowest BCUT2D eigenvalue weighted by atomic mass is 9.85. The number of carbonyl (C=O) groups is 7. The van der Waals surface area contributed by atoms with Gasteiger partial charge in [0.2, 0.25) is 29.4 Å². The van der Waals surface area contributed by atoms with E-state index < -0.39 is 80.5 Å². The molecule has 4 N–H and O–H groups in total. The van der Waals surface area contributed by atoms with Crippen molar-refractivity contribution in [2.45, 2.75) is 93.8 Å². The number of alkyl halides is 2. The number of carbonyl (C=O) groups excluding carboxylic acids is 7. The van der Waals surface area contributed by atoms with Gasteiger partial charge in [-0.15, -0.1) is 0 Å². The van der Waals surface area contributed by atoms with Crippen LogP contribution in [0.3, 0.4) is 0 Å². The number of likely N-dealkylation sites (N-methyl/N-ethyl adjacent to an activating group) is 1. The number of ether oxygens (including phenoxy) is 1. The molecule has 4 rings (SSSR count). The third kappa shape index (κ3) is 10.1. The lowest BCUT2D eigenvalue weighted by Crippen LogP contribution is -2.61. The Labute approximate surface area is 321 Å². The van der Waals surface area contributed by atoms with Crippen LogP contribution in [-0.2, 0) is 33.5 Å². The SMILES string of the molecule is CN(C)C(=O)[C@@H](NC(=O)CNC(=O)C(=O)C(CC1CC1)NC(=O)[C@@H]1[C@@H]2[C@H](CN1C(=O)C(NC(=O)OC(C)(C)C)C(C)(C)C)C2(Br)Br)c1ccccc1. The van der Waals surface area contributed by atoms with Gasteiger partial charge >= 0.3 is 6.09 Å². The zero-order valence-corrected chi connectivity index (χ0v) is 34.1. The molecule has 0 radical (unpaired) electrons. The second-order valence-corrected chi connectivity index (χ2v) is 19.8. The Morgan fingerprint density at radius 2 is 1.56 bits per heavy atom. The molecule has 3 fully saturated rings. The Morgan fingerprint density at radius 1 is 0.942 bits per heavy atom. The van der Waals surface area contributed by atoms with E-state index in [1.165, 1.54) is 9.80 Å². The van der Waals surface area contributed by atoms with Gasteiger partial charge in [0.15, 0.2) is 0 Å². The average molecular weight is 855 g/mol. The van der Waals surface area contributed by atoms with E-state index in [4.69, 9.17) is 4.74 Å². The van der Waals surface area contributed by atoms with Gasteiger partial charge in [-0.25, -0.2) is 4.79 Å². The Hall–Kier alpha value is -3.53. The van der Waals surface area contributed by atoms with Gasteiger partial charge in [-0.2, -0.15) is 0 Å². The molecular formula is C36H50Br2N6O8. The molecule has 6 amide bonds. The van der Waals surface area contributed by atoms with Gasteiger partial charge in [0.25, 0.3) is 5.91 Å². The molecule has 1 aromatic carbocycles. The van der Waals surface area contributed by atoms with Crippen molar-refractivity contribution in [3.8, 4) is 0 Å². The summed E-state index contributed by atoms with van der Waals surface area (Å²) in [5.74, 6) is -4.50. The molecule has 6 atom stereocenters. The fourth-order valence-electron chi connectivity index (χ4n) is 6.36. The summed E-state index contributed by atoms with van der Waals surface area (Å²) in [4.78, 5) is 96.2. The molecule has 14 nitrogen and oxygen atoms in total. The molecule has 0 spiro atoms. The van der Waals surface area contributed by atoms with Gasteiger partial charge in [-0.1, -0.05) is 95.8 Å². The number of piperidine rings is 1. The summed E-state index contributed by atoms with van der Waals surface area (Å²) in [6.07, 6.45) is 1.11. The number of ketones is 1. The first kappa shape index (κ1) is 41.2. The van der Waals surface area contributed by atoms with Crippen LogP contribution in [0, 0.1) is 23.2 Å². The van der Waals surface area contributed by atoms with Gasteiger partial charge < -0.3 is 35.8 Å². The summed E-state index contributed by atoms with van der Waals surface area (Å²) in [5, 5.41) is 10.4. The number of rotatable bonds is 13. The number of benzene rings is 1. The molecule has 1 aromatic rings. The molecule has 3 aliphatic rings. The number of Topliss-reactive ketones (excluding diaryl/α,β-unsaturated/α-hetero) is 1. The van der Waals surface area contributed by atoms with E-state index in [0.29, 0.717) is 5.56 Å². The van der Waals surface area contributed by atoms with Crippen LogP contribution in [0.15, 0.2) is 30.3 Å². The second kappa shape index (κ2) is 15.8. The Morgan fingerprint density at radius 3 is 2.10 bits per heavy atom. The maximum absolute atomic E-state index is 14.1. The Bertz CT molecular complexity index is 1570. The van der Waals surface area contributed by atoms with Gasteiger partial charge in [0.1, 0.15) is 23.7 Å². The number of nitrogens with one attached hydrogen (secondary N) is 4. The van der Waals surface area contributed by atoms with Crippen molar-refractivity contribution in [1.82, 2.24) is 31.1 Å². The maximum Gasteiger partial charge on any atom is 0.408 e. The summed E-state index contributed by atoms with van der Waals surface area (Å²) in [6.45, 7) is 10.1. The molecular weight excluding hydrogens is 804 g/mol. The minimum atomic E-state index is -1.21. The fraction of sp³-hybridized carbons (Fsp3) is 0.639. The van der Waals surface area contributed by atoms with Crippen LogP contribution < -0.4 is 21.3 Å². The average Bonchev–Trinajstić information content (AvgIpc) is 3.90. The van der Waals surface area contributed by atoms with Crippen molar-refractivity contribution < 1.29 is 38.3 Å². The molecule has 0 bridgehead atoms. The van der Waals surface area contributed by atoms with E-state index in [1.54, 1.807) is 86.0 Å². The number of nitrogens with zero attached hydrogens (tertiary/aromatic N) is 2. The largest absolute Gasteiger partial charge is 0.444 e. The number of halogens is 2. The molecule has 52 heavy (non-hydrogen) atoms. The summed E-state index contributed by atoms with van der Waals surface area (Å²) >= 11 is 7.26. The van der Waals surface area contributed by atoms with E-state index in [1.807, 2.05) is 0 Å². The smallest absolute Gasteiger partial charge is 0.408 e. The standard InChI is InChI=1S/C36H50Br2N6O8/c1-34(2,3)28(42-33(51)52-35(4,5)6)32(50)44-18-21-24(36(21,37)38)26(44)29(47)40-22(16-19-14-15-19)27(46)30(48)39-17-23(45)41-25(31(49)43(7)8)20-12-10-9-11-13-20/h9-13,19,21-22,24-26,28H,14-18H2,1-8H3,(H,39,48)(H,40,47)(H,41,45)(H,42,51)/t21-,22?,24-,25-,26-,28?/m0/s1. The molecule has 0 aromatic heterocycles. The summed E-state index contributed by atoms with van der Waals surface area (Å²) in [6, 6.07) is 4.36. The number of alkyl carbamates (subject to hydrolysis) is 1. The van der Waals surface area contributed by atoms with Crippen molar-refractivity contribution >= 4 is 73.3 Å². The molecule has 16 heteroatoms. The van der Waals surface area contributed by atoms with E-state index in [2.05, 4.69) is 53.1 Å². The molecule has 2 saturated carbocycles. The molecule has 286 valence electrons. The second-order valence-electron chi connectivity index (χ2n) is 16.1. The molecule has 2 unspecified atom stereocenters. The molecule has 1 heterocycles. The lowest BCUT2D eigenvalue weighted by Gasteiger charge is -2.37. The van der Waals surface area contributed by atoms with Crippen LogP contribution in [0.5, 0.6) is 0 Å². The highest BCUT2D eigenvalue weighted by Crippen LogP contribution is 2.67. The van der Waals surface area contributed by atoms with E-state index in [-0.39, 0.29) is 36.6 Å². The molecule has 1 saturated heterocycles. The van der Waals surface area contributed by atoms with Crippen LogP contribution in [0.2, 0.25) is 0 Å². The van der Waals surface area contributed by atoms with Crippen LogP contribution >= 0.6 is 31.9 Å². The van der Waals surface area contributed by atoms with Crippen molar-refractivity contribution in [1.29, 1.82) is 0 Å². The zero-order valence-electron chi connectivity index (χ0n) is 30.9.